The number of nitrogens with zero attached hydrogens (tertiary/aromatic N) is 2. The summed E-state index contributed by atoms with van der Waals surface area (Å²) in [6.45, 7) is 0. The summed E-state index contributed by atoms with van der Waals surface area (Å²) in [5.41, 5.74) is -0.163. The number of aromatic nitrogens is 1. The summed E-state index contributed by atoms with van der Waals surface area (Å²) in [6.07, 6.45) is 1.24. The zero-order valence-electron chi connectivity index (χ0n) is 9.84. The van der Waals surface area contributed by atoms with Crippen LogP contribution in [0.1, 0.15) is 10.4 Å². The second kappa shape index (κ2) is 5.98. The van der Waals surface area contributed by atoms with Crippen molar-refractivity contribution < 1.29 is 9.72 Å². The average Bonchev–Trinajstić information content (AvgIpc) is 2.40. The van der Waals surface area contributed by atoms with Crippen LogP contribution in [-0.2, 0) is 0 Å². The monoisotopic (exact) mass is 355 g/mol. The fraction of sp³-hybridized carbons (Fsp3) is 0. The number of hydrogen-bond donors (Lipinski definition) is 1. The van der Waals surface area contributed by atoms with Crippen LogP contribution in [0, 0.1) is 10.1 Å². The number of nitrogens with one attached hydrogen (secondary N) is 1. The number of para-hydroxylation sites is 1. The Labute approximate surface area is 127 Å². The largest absolute Gasteiger partial charge is 0.321 e. The molecule has 0 atom stereocenters. The molecule has 0 spiro atoms. The van der Waals surface area contributed by atoms with Crippen LogP contribution in [0.2, 0.25) is 5.15 Å². The third-order valence-electron chi connectivity index (χ3n) is 2.43. The summed E-state index contributed by atoms with van der Waals surface area (Å²) in [5.74, 6) is -0.632. The molecule has 0 aliphatic heterocycles. The van der Waals surface area contributed by atoms with E-state index in [-0.39, 0.29) is 10.7 Å². The Morgan fingerprint density at radius 2 is 2.05 bits per heavy atom. The van der Waals surface area contributed by atoms with Crippen molar-refractivity contribution >= 4 is 44.8 Å². The Balaban J connectivity index is 2.38. The van der Waals surface area contributed by atoms with Crippen molar-refractivity contribution in [2.75, 3.05) is 5.32 Å². The summed E-state index contributed by atoms with van der Waals surface area (Å²) >= 11 is 8.93. The van der Waals surface area contributed by atoms with Crippen LogP contribution in [0.5, 0.6) is 0 Å². The first-order chi connectivity index (χ1) is 9.50. The minimum absolute atomic E-state index is 0.147. The van der Waals surface area contributed by atoms with Crippen molar-refractivity contribution in [2.45, 2.75) is 0 Å². The van der Waals surface area contributed by atoms with Gasteiger partial charge in [-0.3, -0.25) is 14.9 Å². The van der Waals surface area contributed by atoms with Crippen molar-refractivity contribution in [3.05, 3.63) is 61.8 Å². The number of amides is 1. The molecule has 102 valence electrons. The SMILES string of the molecule is O=C(Nc1ccccc1Br)c1ccnc(Cl)c1[N+](=O)[O-]. The van der Waals surface area contributed by atoms with Gasteiger partial charge in [-0.25, -0.2) is 4.98 Å². The number of benzene rings is 1. The first kappa shape index (κ1) is 14.4. The summed E-state index contributed by atoms with van der Waals surface area (Å²) in [7, 11) is 0. The number of carbonyl (C=O) groups is 1. The van der Waals surface area contributed by atoms with E-state index in [0.29, 0.717) is 10.2 Å². The molecule has 1 heterocycles. The van der Waals surface area contributed by atoms with Gasteiger partial charge in [0.25, 0.3) is 5.91 Å². The molecule has 1 aromatic heterocycles. The van der Waals surface area contributed by atoms with Crippen LogP contribution in [0.15, 0.2) is 41.0 Å². The predicted molar refractivity (Wildman–Crippen MR) is 78.0 cm³/mol. The van der Waals surface area contributed by atoms with Gasteiger partial charge in [0.05, 0.1) is 10.6 Å². The topological polar surface area (TPSA) is 85.1 Å². The highest BCUT2D eigenvalue weighted by atomic mass is 79.9. The van der Waals surface area contributed by atoms with Gasteiger partial charge in [0, 0.05) is 10.7 Å². The van der Waals surface area contributed by atoms with Crippen LogP contribution in [0.3, 0.4) is 0 Å². The molecule has 20 heavy (non-hydrogen) atoms. The van der Waals surface area contributed by atoms with Gasteiger partial charge in [0.15, 0.2) is 0 Å². The molecule has 0 bridgehead atoms. The molecule has 0 saturated heterocycles. The number of rotatable bonds is 3. The van der Waals surface area contributed by atoms with E-state index in [1.54, 1.807) is 24.3 Å². The molecule has 0 aliphatic carbocycles. The van der Waals surface area contributed by atoms with E-state index < -0.39 is 16.5 Å². The number of halogens is 2. The Morgan fingerprint density at radius 1 is 1.35 bits per heavy atom. The third-order valence-corrected chi connectivity index (χ3v) is 3.40. The van der Waals surface area contributed by atoms with Gasteiger partial charge in [-0.1, -0.05) is 23.7 Å². The molecule has 0 unspecified atom stereocenters. The second-order valence-corrected chi connectivity index (χ2v) is 4.90. The van der Waals surface area contributed by atoms with Gasteiger partial charge < -0.3 is 5.32 Å². The van der Waals surface area contributed by atoms with Crippen LogP contribution in [0.25, 0.3) is 0 Å². The van der Waals surface area contributed by atoms with E-state index in [1.807, 2.05) is 0 Å². The number of pyridine rings is 1. The summed E-state index contributed by atoms with van der Waals surface area (Å²) in [4.78, 5) is 25.9. The Bertz CT molecular complexity index is 693. The molecule has 8 heteroatoms. The van der Waals surface area contributed by atoms with Crippen LogP contribution < -0.4 is 5.32 Å². The molecule has 0 fully saturated rings. The molecular weight excluding hydrogens is 350 g/mol. The van der Waals surface area contributed by atoms with Gasteiger partial charge in [-0.15, -0.1) is 0 Å². The molecule has 0 aliphatic rings. The normalized spacial score (nSPS) is 10.1. The highest BCUT2D eigenvalue weighted by molar-refractivity contribution is 9.10. The highest BCUT2D eigenvalue weighted by Crippen LogP contribution is 2.28. The van der Waals surface area contributed by atoms with Crippen molar-refractivity contribution in [3.8, 4) is 0 Å². The van der Waals surface area contributed by atoms with E-state index in [1.165, 1.54) is 12.3 Å². The van der Waals surface area contributed by atoms with E-state index >= 15 is 0 Å². The van der Waals surface area contributed by atoms with Crippen molar-refractivity contribution in [2.24, 2.45) is 0 Å². The van der Waals surface area contributed by atoms with Gasteiger partial charge in [0.1, 0.15) is 5.56 Å². The van der Waals surface area contributed by atoms with Crippen molar-refractivity contribution in [3.63, 3.8) is 0 Å². The number of hydrogen-bond acceptors (Lipinski definition) is 4. The molecule has 2 aromatic rings. The van der Waals surface area contributed by atoms with Gasteiger partial charge >= 0.3 is 5.69 Å². The molecular formula is C12H7BrClN3O3. The van der Waals surface area contributed by atoms with Crippen molar-refractivity contribution in [1.82, 2.24) is 4.98 Å². The minimum atomic E-state index is -0.732. The summed E-state index contributed by atoms with van der Waals surface area (Å²) < 4.78 is 0.663. The zero-order valence-corrected chi connectivity index (χ0v) is 12.2. The minimum Gasteiger partial charge on any atom is -0.321 e. The number of carbonyl (C=O) groups excluding carboxylic acids is 1. The van der Waals surface area contributed by atoms with E-state index in [2.05, 4.69) is 26.2 Å². The average molecular weight is 357 g/mol. The van der Waals surface area contributed by atoms with Crippen LogP contribution in [-0.4, -0.2) is 15.8 Å². The fourth-order valence-electron chi connectivity index (χ4n) is 1.54. The fourth-order valence-corrected chi connectivity index (χ4v) is 2.15. The van der Waals surface area contributed by atoms with Crippen molar-refractivity contribution in [1.29, 1.82) is 0 Å². The lowest BCUT2D eigenvalue weighted by Gasteiger charge is -2.07. The van der Waals surface area contributed by atoms with Gasteiger partial charge in [-0.2, -0.15) is 0 Å². The van der Waals surface area contributed by atoms with Crippen LogP contribution >= 0.6 is 27.5 Å². The van der Waals surface area contributed by atoms with E-state index in [9.17, 15) is 14.9 Å². The smallest absolute Gasteiger partial charge is 0.319 e. The first-order valence-corrected chi connectivity index (χ1v) is 6.52. The standard InChI is InChI=1S/C12H7BrClN3O3/c13-8-3-1-2-4-9(8)16-12(18)7-5-6-15-11(14)10(7)17(19)20/h1-6H,(H,16,18). The Morgan fingerprint density at radius 3 is 2.70 bits per heavy atom. The van der Waals surface area contributed by atoms with E-state index in [4.69, 9.17) is 11.6 Å². The lowest BCUT2D eigenvalue weighted by molar-refractivity contribution is -0.385. The zero-order chi connectivity index (χ0) is 14.7. The first-order valence-electron chi connectivity index (χ1n) is 5.35. The number of nitro groups is 1. The molecule has 1 aromatic carbocycles. The highest BCUT2D eigenvalue weighted by Gasteiger charge is 2.25. The molecule has 0 saturated carbocycles. The summed E-state index contributed by atoms with van der Waals surface area (Å²) in [5, 5.41) is 13.2. The number of anilines is 1. The maximum atomic E-state index is 12.1. The third kappa shape index (κ3) is 2.94. The van der Waals surface area contributed by atoms with Gasteiger partial charge in [-0.05, 0) is 34.1 Å². The lowest BCUT2D eigenvalue weighted by Crippen LogP contribution is -2.14. The maximum absolute atomic E-state index is 12.1. The quantitative estimate of drug-likeness (QED) is 0.516. The Kier molecular flexibility index (Phi) is 4.31. The molecule has 0 radical (unpaired) electrons. The predicted octanol–water partition coefficient (Wildman–Crippen LogP) is 3.66. The summed E-state index contributed by atoms with van der Waals surface area (Å²) in [6, 6.07) is 8.16. The van der Waals surface area contributed by atoms with Gasteiger partial charge in [0.2, 0.25) is 5.15 Å². The maximum Gasteiger partial charge on any atom is 0.319 e. The molecule has 2 rings (SSSR count). The lowest BCUT2D eigenvalue weighted by atomic mass is 10.2. The second-order valence-electron chi connectivity index (χ2n) is 3.69. The Hall–Kier alpha value is -1.99. The van der Waals surface area contributed by atoms with E-state index in [0.717, 1.165) is 0 Å². The molecule has 6 nitrogen and oxygen atoms in total. The molecule has 1 amide bonds. The molecule has 1 N–H and O–H groups in total. The van der Waals surface area contributed by atoms with Crippen LogP contribution in [0.4, 0.5) is 11.4 Å².